The molecule has 0 saturated heterocycles. The van der Waals surface area contributed by atoms with E-state index in [-0.39, 0.29) is 0 Å². The molecule has 0 amide bonds. The minimum atomic E-state index is 0.508. The standard InChI is InChI=1S/C17H29N/c1-11(2)15-9-10-18(14(7)8)17(13(5)6)16(15)12(3)4/h9-11,14-15H,1-8H3. The lowest BCUT2D eigenvalue weighted by atomic mass is 9.80. The van der Waals surface area contributed by atoms with Gasteiger partial charge >= 0.3 is 0 Å². The number of hydrogen-bond acceptors (Lipinski definition) is 1. The summed E-state index contributed by atoms with van der Waals surface area (Å²) in [5, 5.41) is 0. The van der Waals surface area contributed by atoms with E-state index < -0.39 is 0 Å². The molecule has 0 N–H and O–H groups in total. The van der Waals surface area contributed by atoms with Crippen molar-refractivity contribution in [2.24, 2.45) is 11.8 Å². The Labute approximate surface area is 113 Å². The largest absolute Gasteiger partial charge is 0.346 e. The minimum Gasteiger partial charge on any atom is -0.346 e. The summed E-state index contributed by atoms with van der Waals surface area (Å²) in [5.74, 6) is 1.20. The van der Waals surface area contributed by atoms with Crippen LogP contribution in [0, 0.1) is 11.8 Å². The molecule has 0 aliphatic carbocycles. The lowest BCUT2D eigenvalue weighted by Crippen LogP contribution is -2.33. The maximum atomic E-state index is 2.41. The Balaban J connectivity index is 3.43. The highest BCUT2D eigenvalue weighted by atomic mass is 15.2. The van der Waals surface area contributed by atoms with Crippen LogP contribution in [0.5, 0.6) is 0 Å². The number of hydrogen-bond donors (Lipinski definition) is 0. The second-order valence-electron chi connectivity index (χ2n) is 6.37. The Bertz CT molecular complexity index is 348. The molecule has 1 aliphatic heterocycles. The first kappa shape index (κ1) is 15.1. The third kappa shape index (κ3) is 2.88. The van der Waals surface area contributed by atoms with Crippen LogP contribution in [0.4, 0.5) is 0 Å². The summed E-state index contributed by atoms with van der Waals surface area (Å²) < 4.78 is 0. The van der Waals surface area contributed by atoms with E-state index in [4.69, 9.17) is 0 Å². The minimum absolute atomic E-state index is 0.508. The zero-order valence-electron chi connectivity index (χ0n) is 13.3. The molecular weight excluding hydrogens is 218 g/mol. The van der Waals surface area contributed by atoms with Crippen LogP contribution in [0.15, 0.2) is 34.7 Å². The zero-order chi connectivity index (χ0) is 14.0. The van der Waals surface area contributed by atoms with Crippen molar-refractivity contribution in [1.82, 2.24) is 4.90 Å². The van der Waals surface area contributed by atoms with E-state index in [1.165, 1.54) is 22.4 Å². The van der Waals surface area contributed by atoms with Crippen LogP contribution in [-0.2, 0) is 0 Å². The molecule has 0 saturated carbocycles. The summed E-state index contributed by atoms with van der Waals surface area (Å²) in [6.45, 7) is 18.1. The summed E-state index contributed by atoms with van der Waals surface area (Å²) in [7, 11) is 0. The van der Waals surface area contributed by atoms with Crippen LogP contribution < -0.4 is 0 Å². The number of nitrogens with zero attached hydrogens (tertiary/aromatic N) is 1. The first-order chi connectivity index (χ1) is 8.27. The molecule has 1 heteroatoms. The molecule has 1 nitrogen and oxygen atoms in total. The van der Waals surface area contributed by atoms with Gasteiger partial charge in [0, 0.05) is 23.9 Å². The van der Waals surface area contributed by atoms with Crippen molar-refractivity contribution in [1.29, 1.82) is 0 Å². The van der Waals surface area contributed by atoms with Crippen LogP contribution in [-0.4, -0.2) is 10.9 Å². The predicted molar refractivity (Wildman–Crippen MR) is 81.2 cm³/mol. The zero-order valence-corrected chi connectivity index (χ0v) is 13.3. The molecule has 0 spiro atoms. The SMILES string of the molecule is CC(C)=C1C(=C(C)C)N(C(C)C)C=CC1C(C)C. The van der Waals surface area contributed by atoms with Gasteiger partial charge < -0.3 is 4.90 Å². The van der Waals surface area contributed by atoms with Gasteiger partial charge in [0.1, 0.15) is 0 Å². The van der Waals surface area contributed by atoms with Gasteiger partial charge in [-0.15, -0.1) is 0 Å². The van der Waals surface area contributed by atoms with Gasteiger partial charge in [0.2, 0.25) is 0 Å². The molecule has 1 heterocycles. The second-order valence-corrected chi connectivity index (χ2v) is 6.37. The van der Waals surface area contributed by atoms with Crippen molar-refractivity contribution in [3.63, 3.8) is 0 Å². The third-order valence-electron chi connectivity index (χ3n) is 3.59. The summed E-state index contributed by atoms with van der Waals surface area (Å²) in [5.41, 5.74) is 5.82. The highest BCUT2D eigenvalue weighted by Crippen LogP contribution is 2.38. The summed E-state index contributed by atoms with van der Waals surface area (Å²) in [6.07, 6.45) is 4.66. The fourth-order valence-electron chi connectivity index (χ4n) is 2.74. The maximum Gasteiger partial charge on any atom is 0.0432 e. The van der Waals surface area contributed by atoms with Gasteiger partial charge in [0.25, 0.3) is 0 Å². The lowest BCUT2D eigenvalue weighted by molar-refractivity contribution is 0.351. The fourth-order valence-corrected chi connectivity index (χ4v) is 2.74. The topological polar surface area (TPSA) is 3.24 Å². The molecule has 0 aromatic carbocycles. The monoisotopic (exact) mass is 247 g/mol. The summed E-state index contributed by atoms with van der Waals surface area (Å²) in [4.78, 5) is 2.41. The quantitative estimate of drug-likeness (QED) is 0.654. The molecule has 1 unspecified atom stereocenters. The molecule has 0 aromatic rings. The second kappa shape index (κ2) is 5.77. The van der Waals surface area contributed by atoms with Crippen LogP contribution in [0.3, 0.4) is 0 Å². The van der Waals surface area contributed by atoms with Crippen molar-refractivity contribution in [3.8, 4) is 0 Å². The number of rotatable bonds is 2. The average molecular weight is 247 g/mol. The van der Waals surface area contributed by atoms with Gasteiger partial charge in [-0.05, 0) is 53.0 Å². The number of allylic oxidation sites excluding steroid dienone is 4. The Morgan fingerprint density at radius 2 is 1.56 bits per heavy atom. The van der Waals surface area contributed by atoms with E-state index in [0.717, 1.165) is 0 Å². The van der Waals surface area contributed by atoms with Gasteiger partial charge in [-0.3, -0.25) is 0 Å². The van der Waals surface area contributed by atoms with Gasteiger partial charge in [0.15, 0.2) is 0 Å². The van der Waals surface area contributed by atoms with Crippen molar-refractivity contribution in [3.05, 3.63) is 34.7 Å². The molecule has 0 bridgehead atoms. The summed E-state index contributed by atoms with van der Waals surface area (Å²) >= 11 is 0. The van der Waals surface area contributed by atoms with Crippen LogP contribution in [0.1, 0.15) is 55.4 Å². The van der Waals surface area contributed by atoms with Crippen molar-refractivity contribution in [2.45, 2.75) is 61.4 Å². The smallest absolute Gasteiger partial charge is 0.0432 e. The van der Waals surface area contributed by atoms with E-state index in [2.05, 4.69) is 72.6 Å². The van der Waals surface area contributed by atoms with Gasteiger partial charge in [-0.25, -0.2) is 0 Å². The lowest BCUT2D eigenvalue weighted by Gasteiger charge is -2.39. The molecule has 1 rings (SSSR count). The molecule has 0 radical (unpaired) electrons. The first-order valence-electron chi connectivity index (χ1n) is 7.09. The molecular formula is C17H29N. The van der Waals surface area contributed by atoms with Gasteiger partial charge in [-0.2, -0.15) is 0 Å². The first-order valence-corrected chi connectivity index (χ1v) is 7.09. The maximum absolute atomic E-state index is 2.41. The van der Waals surface area contributed by atoms with E-state index >= 15 is 0 Å². The van der Waals surface area contributed by atoms with Crippen LogP contribution >= 0.6 is 0 Å². The average Bonchev–Trinajstić information content (AvgIpc) is 2.26. The van der Waals surface area contributed by atoms with E-state index in [9.17, 15) is 0 Å². The van der Waals surface area contributed by atoms with Gasteiger partial charge in [-0.1, -0.05) is 31.1 Å². The highest BCUT2D eigenvalue weighted by molar-refractivity contribution is 5.44. The van der Waals surface area contributed by atoms with Crippen molar-refractivity contribution >= 4 is 0 Å². The van der Waals surface area contributed by atoms with E-state index in [0.29, 0.717) is 17.9 Å². The van der Waals surface area contributed by atoms with E-state index in [1.54, 1.807) is 0 Å². The van der Waals surface area contributed by atoms with Crippen LogP contribution in [0.2, 0.25) is 0 Å². The van der Waals surface area contributed by atoms with Gasteiger partial charge in [0.05, 0.1) is 0 Å². The third-order valence-corrected chi connectivity index (χ3v) is 3.59. The Morgan fingerprint density at radius 3 is 1.89 bits per heavy atom. The molecule has 0 aromatic heterocycles. The molecule has 18 heavy (non-hydrogen) atoms. The highest BCUT2D eigenvalue weighted by Gasteiger charge is 2.28. The fraction of sp³-hybridized carbons (Fsp3) is 0.647. The summed E-state index contributed by atoms with van der Waals surface area (Å²) in [6, 6.07) is 0.508. The Hall–Kier alpha value is -0.980. The molecule has 0 fully saturated rings. The molecule has 1 atom stereocenters. The molecule has 1 aliphatic rings. The van der Waals surface area contributed by atoms with Crippen LogP contribution in [0.25, 0.3) is 0 Å². The predicted octanol–water partition coefficient (Wildman–Crippen LogP) is 5.13. The van der Waals surface area contributed by atoms with E-state index in [1.807, 2.05) is 0 Å². The molecule has 102 valence electrons. The Morgan fingerprint density at radius 1 is 1.00 bits per heavy atom. The van der Waals surface area contributed by atoms with Crippen molar-refractivity contribution in [2.75, 3.05) is 0 Å². The van der Waals surface area contributed by atoms with Crippen molar-refractivity contribution < 1.29 is 0 Å². The normalized spacial score (nSPS) is 20.1. The Kier molecular flexibility index (Phi) is 4.84.